The van der Waals surface area contributed by atoms with Crippen molar-refractivity contribution in [3.63, 3.8) is 0 Å². The van der Waals surface area contributed by atoms with E-state index < -0.39 is 4.92 Å². The molecular weight excluding hydrogens is 384 g/mol. The van der Waals surface area contributed by atoms with Gasteiger partial charge >= 0.3 is 0 Å². The molecule has 29 heavy (non-hydrogen) atoms. The van der Waals surface area contributed by atoms with Crippen LogP contribution >= 0.6 is 12.2 Å². The summed E-state index contributed by atoms with van der Waals surface area (Å²) in [7, 11) is 0. The van der Waals surface area contributed by atoms with Crippen LogP contribution in [0.2, 0.25) is 0 Å². The Hall–Kier alpha value is -3.45. The van der Waals surface area contributed by atoms with Crippen LogP contribution in [0.25, 0.3) is 0 Å². The number of benzene rings is 3. The van der Waals surface area contributed by atoms with Gasteiger partial charge in [0.1, 0.15) is 5.69 Å². The Kier molecular flexibility index (Phi) is 6.41. The maximum atomic E-state index is 11.1. The second-order valence-corrected chi connectivity index (χ2v) is 7.11. The molecule has 0 atom stereocenters. The Morgan fingerprint density at radius 3 is 2.10 bits per heavy atom. The monoisotopic (exact) mass is 406 g/mol. The lowest BCUT2D eigenvalue weighted by atomic mass is 10.2. The third-order valence-electron chi connectivity index (χ3n) is 4.30. The van der Waals surface area contributed by atoms with Gasteiger partial charge in [-0.25, -0.2) is 0 Å². The Morgan fingerprint density at radius 1 is 0.897 bits per heavy atom. The minimum Gasteiger partial charge on any atom is -0.339 e. The second-order valence-electron chi connectivity index (χ2n) is 6.70. The van der Waals surface area contributed by atoms with Crippen LogP contribution in [0.5, 0.6) is 0 Å². The summed E-state index contributed by atoms with van der Waals surface area (Å²) in [5.41, 5.74) is 3.30. The Morgan fingerprint density at radius 2 is 1.48 bits per heavy atom. The van der Waals surface area contributed by atoms with Gasteiger partial charge in [0, 0.05) is 29.2 Å². The normalized spacial score (nSPS) is 10.4. The molecule has 0 saturated heterocycles. The molecule has 6 nitrogen and oxygen atoms in total. The van der Waals surface area contributed by atoms with E-state index in [9.17, 15) is 10.1 Å². The molecule has 0 aliphatic carbocycles. The number of thiocarbonyl (C=S) groups is 1. The van der Waals surface area contributed by atoms with Gasteiger partial charge in [-0.15, -0.1) is 0 Å². The van der Waals surface area contributed by atoms with Crippen LogP contribution in [0, 0.1) is 10.1 Å². The summed E-state index contributed by atoms with van der Waals surface area (Å²) in [5, 5.41) is 17.4. The lowest BCUT2D eigenvalue weighted by Crippen LogP contribution is -2.25. The molecule has 0 bridgehead atoms. The number of hydrogen-bond donors (Lipinski definition) is 2. The highest BCUT2D eigenvalue weighted by Crippen LogP contribution is 2.29. The Bertz CT molecular complexity index is 991. The van der Waals surface area contributed by atoms with Crippen molar-refractivity contribution in [2.45, 2.75) is 19.9 Å². The van der Waals surface area contributed by atoms with Crippen molar-refractivity contribution in [2.75, 3.05) is 15.5 Å². The minimum absolute atomic E-state index is 0.0255. The number of para-hydroxylation sites is 3. The molecule has 148 valence electrons. The predicted molar refractivity (Wildman–Crippen MR) is 123 cm³/mol. The van der Waals surface area contributed by atoms with Crippen LogP contribution in [-0.4, -0.2) is 16.1 Å². The summed E-state index contributed by atoms with van der Waals surface area (Å²) >= 11 is 5.31. The van der Waals surface area contributed by atoms with E-state index in [4.69, 9.17) is 12.2 Å². The lowest BCUT2D eigenvalue weighted by molar-refractivity contribution is -0.383. The fraction of sp³-hybridized carbons (Fsp3) is 0.136. The third kappa shape index (κ3) is 5.08. The van der Waals surface area contributed by atoms with Gasteiger partial charge in [-0.2, -0.15) is 0 Å². The lowest BCUT2D eigenvalue weighted by Gasteiger charge is -2.29. The maximum Gasteiger partial charge on any atom is 0.292 e. The van der Waals surface area contributed by atoms with E-state index in [0.717, 1.165) is 17.1 Å². The minimum atomic E-state index is -0.441. The third-order valence-corrected chi connectivity index (χ3v) is 4.51. The van der Waals surface area contributed by atoms with E-state index in [0.29, 0.717) is 5.69 Å². The van der Waals surface area contributed by atoms with E-state index in [1.807, 2.05) is 42.5 Å². The van der Waals surface area contributed by atoms with Crippen molar-refractivity contribution in [3.05, 3.63) is 89.0 Å². The highest BCUT2D eigenvalue weighted by atomic mass is 32.1. The van der Waals surface area contributed by atoms with Crippen LogP contribution in [0.15, 0.2) is 78.9 Å². The molecule has 2 N–H and O–H groups in total. The van der Waals surface area contributed by atoms with E-state index in [2.05, 4.69) is 41.5 Å². The zero-order chi connectivity index (χ0) is 20.8. The average molecular weight is 407 g/mol. The van der Waals surface area contributed by atoms with E-state index in [1.165, 1.54) is 6.07 Å². The van der Waals surface area contributed by atoms with Gasteiger partial charge in [-0.05, 0) is 68.5 Å². The molecule has 3 aromatic rings. The van der Waals surface area contributed by atoms with Gasteiger partial charge in [0.05, 0.1) is 4.92 Å². The molecule has 7 heteroatoms. The fourth-order valence-corrected chi connectivity index (χ4v) is 3.29. The van der Waals surface area contributed by atoms with E-state index in [-0.39, 0.29) is 16.8 Å². The van der Waals surface area contributed by atoms with Crippen LogP contribution in [0.1, 0.15) is 13.8 Å². The molecule has 0 heterocycles. The van der Waals surface area contributed by atoms with Crippen molar-refractivity contribution in [1.29, 1.82) is 0 Å². The van der Waals surface area contributed by atoms with E-state index >= 15 is 0 Å². The van der Waals surface area contributed by atoms with Gasteiger partial charge in [0.25, 0.3) is 5.69 Å². The molecule has 0 fully saturated rings. The summed E-state index contributed by atoms with van der Waals surface area (Å²) in [6, 6.07) is 24.8. The number of nitro benzene ring substituents is 1. The number of hydrogen-bond acceptors (Lipinski definition) is 4. The first-order valence-electron chi connectivity index (χ1n) is 9.21. The molecule has 0 spiro atoms. The molecule has 3 rings (SSSR count). The number of nitrogens with one attached hydrogen (secondary N) is 2. The summed E-state index contributed by atoms with van der Waals surface area (Å²) < 4.78 is 0. The number of anilines is 4. The van der Waals surface area contributed by atoms with Crippen molar-refractivity contribution in [1.82, 2.24) is 0 Å². The highest BCUT2D eigenvalue weighted by Gasteiger charge is 2.14. The Labute approximate surface area is 175 Å². The molecule has 0 aliphatic heterocycles. The highest BCUT2D eigenvalue weighted by molar-refractivity contribution is 7.80. The molecule has 0 radical (unpaired) electrons. The van der Waals surface area contributed by atoms with Crippen LogP contribution < -0.4 is 15.5 Å². The molecule has 3 aromatic carbocycles. The standard InChI is InChI=1S/C22H22N4O2S/c1-16(2)25(18-8-4-3-5-9-18)19-14-12-17(13-15-19)23-22(29)24-20-10-6-7-11-21(20)26(27)28/h3-16H,1-2H3,(H2,23,24,29). The molecule has 0 saturated carbocycles. The summed E-state index contributed by atoms with van der Waals surface area (Å²) in [4.78, 5) is 12.9. The first kappa shape index (κ1) is 20.3. The smallest absolute Gasteiger partial charge is 0.292 e. The van der Waals surface area contributed by atoms with Crippen LogP contribution in [0.4, 0.5) is 28.4 Å². The average Bonchev–Trinajstić information content (AvgIpc) is 2.70. The number of rotatable bonds is 6. The quantitative estimate of drug-likeness (QED) is 0.299. The van der Waals surface area contributed by atoms with Gasteiger partial charge in [0.15, 0.2) is 5.11 Å². The Balaban J connectivity index is 1.72. The summed E-state index contributed by atoms with van der Waals surface area (Å²) in [6.45, 7) is 4.29. The topological polar surface area (TPSA) is 70.4 Å². The zero-order valence-electron chi connectivity index (χ0n) is 16.2. The van der Waals surface area contributed by atoms with Gasteiger partial charge < -0.3 is 15.5 Å². The SMILES string of the molecule is CC(C)N(c1ccccc1)c1ccc(NC(=S)Nc2ccccc2[N+](=O)[O-])cc1. The van der Waals surface area contributed by atoms with Crippen LogP contribution in [0.3, 0.4) is 0 Å². The van der Waals surface area contributed by atoms with E-state index in [1.54, 1.807) is 18.2 Å². The predicted octanol–water partition coefficient (Wildman–Crippen LogP) is 5.95. The molecule has 0 amide bonds. The number of nitro groups is 1. The van der Waals surface area contributed by atoms with Crippen molar-refractivity contribution in [2.24, 2.45) is 0 Å². The van der Waals surface area contributed by atoms with Crippen LogP contribution in [-0.2, 0) is 0 Å². The van der Waals surface area contributed by atoms with Gasteiger partial charge in [-0.1, -0.05) is 30.3 Å². The molecular formula is C22H22N4O2S. The maximum absolute atomic E-state index is 11.1. The van der Waals surface area contributed by atoms with Crippen molar-refractivity contribution in [3.8, 4) is 0 Å². The largest absolute Gasteiger partial charge is 0.339 e. The number of nitrogens with zero attached hydrogens (tertiary/aromatic N) is 2. The van der Waals surface area contributed by atoms with Gasteiger partial charge in [0.2, 0.25) is 0 Å². The zero-order valence-corrected chi connectivity index (χ0v) is 17.0. The molecule has 0 aliphatic rings. The summed E-state index contributed by atoms with van der Waals surface area (Å²) in [5.74, 6) is 0. The molecule has 0 unspecified atom stereocenters. The van der Waals surface area contributed by atoms with Crippen molar-refractivity contribution < 1.29 is 4.92 Å². The van der Waals surface area contributed by atoms with Crippen molar-refractivity contribution >= 4 is 45.8 Å². The first-order chi connectivity index (χ1) is 14.0. The van der Waals surface area contributed by atoms with Gasteiger partial charge in [-0.3, -0.25) is 10.1 Å². The fourth-order valence-electron chi connectivity index (χ4n) is 3.06. The summed E-state index contributed by atoms with van der Waals surface area (Å²) in [6.07, 6.45) is 0. The first-order valence-corrected chi connectivity index (χ1v) is 9.62. The second kappa shape index (κ2) is 9.16. The molecule has 0 aromatic heterocycles.